The van der Waals surface area contributed by atoms with Gasteiger partial charge in [-0.15, -0.1) is 0 Å². The van der Waals surface area contributed by atoms with E-state index >= 15 is 0 Å². The monoisotopic (exact) mass is 217 g/mol. The Hall–Kier alpha value is -2.30. The Morgan fingerprint density at radius 2 is 2.12 bits per heavy atom. The molecule has 1 aromatic heterocycles. The van der Waals surface area contributed by atoms with Crippen molar-refractivity contribution in [3.05, 3.63) is 40.7 Å². The molecule has 0 atom stereocenters. The highest BCUT2D eigenvalue weighted by Gasteiger charge is 2.07. The van der Waals surface area contributed by atoms with Gasteiger partial charge in [0.1, 0.15) is 11.4 Å². The first-order valence-corrected chi connectivity index (χ1v) is 4.71. The van der Waals surface area contributed by atoms with Crippen molar-refractivity contribution in [2.24, 2.45) is 0 Å². The number of methoxy groups -OCH3 is 1. The Kier molecular flexibility index (Phi) is 2.59. The van der Waals surface area contributed by atoms with E-state index in [9.17, 15) is 4.79 Å². The fraction of sp³-hybridized carbons (Fsp3) is 0.0909. The second-order valence-corrected chi connectivity index (χ2v) is 3.24. The molecule has 0 bridgehead atoms. The third-order valence-electron chi connectivity index (χ3n) is 2.22. The van der Waals surface area contributed by atoms with E-state index in [1.54, 1.807) is 7.11 Å². The number of rotatable bonds is 2. The molecule has 0 saturated carbocycles. The second kappa shape index (κ2) is 4.06. The number of nitrogens with two attached hydrogens (primary N) is 1. The van der Waals surface area contributed by atoms with Gasteiger partial charge in [-0.3, -0.25) is 4.79 Å². The molecule has 0 spiro atoms. The van der Waals surface area contributed by atoms with Crippen LogP contribution < -0.4 is 16.0 Å². The van der Waals surface area contributed by atoms with Crippen molar-refractivity contribution >= 4 is 5.69 Å². The molecule has 3 N–H and O–H groups in total. The zero-order valence-corrected chi connectivity index (χ0v) is 8.73. The molecule has 0 saturated heterocycles. The van der Waals surface area contributed by atoms with E-state index in [-0.39, 0.29) is 5.69 Å². The maximum atomic E-state index is 11.1. The minimum absolute atomic E-state index is 0.135. The first-order valence-electron chi connectivity index (χ1n) is 4.71. The van der Waals surface area contributed by atoms with Gasteiger partial charge in [0.05, 0.1) is 12.8 Å². The van der Waals surface area contributed by atoms with Gasteiger partial charge in [0, 0.05) is 5.56 Å². The van der Waals surface area contributed by atoms with E-state index < -0.39 is 5.56 Å². The predicted octanol–water partition coefficient (Wildman–Crippen LogP) is 1.03. The van der Waals surface area contributed by atoms with Crippen molar-refractivity contribution in [1.82, 2.24) is 10.2 Å². The number of H-pyrrole nitrogens is 1. The van der Waals surface area contributed by atoms with E-state index in [0.29, 0.717) is 11.4 Å². The van der Waals surface area contributed by atoms with Crippen LogP contribution in [-0.4, -0.2) is 17.3 Å². The zero-order valence-electron chi connectivity index (χ0n) is 8.73. The molecular weight excluding hydrogens is 206 g/mol. The van der Waals surface area contributed by atoms with Crippen LogP contribution in [0, 0.1) is 0 Å². The normalized spacial score (nSPS) is 10.1. The highest BCUT2D eigenvalue weighted by Crippen LogP contribution is 2.27. The Morgan fingerprint density at radius 3 is 2.81 bits per heavy atom. The topological polar surface area (TPSA) is 81.0 Å². The van der Waals surface area contributed by atoms with Crippen LogP contribution >= 0.6 is 0 Å². The number of nitrogens with one attached hydrogen (secondary N) is 1. The summed E-state index contributed by atoms with van der Waals surface area (Å²) in [5.74, 6) is 0.682. The van der Waals surface area contributed by atoms with Crippen LogP contribution in [-0.2, 0) is 0 Å². The third kappa shape index (κ3) is 1.75. The zero-order chi connectivity index (χ0) is 11.5. The summed E-state index contributed by atoms with van der Waals surface area (Å²) in [5.41, 5.74) is 6.63. The van der Waals surface area contributed by atoms with Gasteiger partial charge in [-0.25, -0.2) is 5.10 Å². The molecule has 1 heterocycles. The molecule has 0 aliphatic heterocycles. The molecule has 0 fully saturated rings. The summed E-state index contributed by atoms with van der Waals surface area (Å²) in [4.78, 5) is 11.1. The minimum atomic E-state index is -0.390. The molecule has 0 amide bonds. The number of hydrogen-bond donors (Lipinski definition) is 2. The Labute approximate surface area is 91.9 Å². The summed E-state index contributed by atoms with van der Waals surface area (Å²) < 4.78 is 5.20. The number of ether oxygens (including phenoxy) is 1. The first kappa shape index (κ1) is 10.2. The summed E-state index contributed by atoms with van der Waals surface area (Å²) in [6, 6.07) is 8.91. The van der Waals surface area contributed by atoms with Gasteiger partial charge >= 0.3 is 0 Å². The minimum Gasteiger partial charge on any atom is -0.496 e. The molecule has 5 heteroatoms. The lowest BCUT2D eigenvalue weighted by Gasteiger charge is -2.06. The van der Waals surface area contributed by atoms with E-state index in [4.69, 9.17) is 10.5 Å². The molecule has 0 aliphatic carbocycles. The largest absolute Gasteiger partial charge is 0.496 e. The van der Waals surface area contributed by atoms with E-state index in [0.717, 1.165) is 5.56 Å². The Balaban J connectivity index is 2.58. The van der Waals surface area contributed by atoms with Crippen LogP contribution in [0.25, 0.3) is 11.3 Å². The number of nitrogen functional groups attached to an aromatic ring is 1. The van der Waals surface area contributed by atoms with Gasteiger partial charge in [-0.1, -0.05) is 12.1 Å². The van der Waals surface area contributed by atoms with E-state index in [1.807, 2.05) is 24.3 Å². The number of benzene rings is 1. The standard InChI is InChI=1S/C11H11N3O2/c1-16-10-5-3-2-4-7(10)9-6-8(12)11(15)14-13-9/h2-6H,1H3,(H2,12,13)(H,14,15). The Bertz CT molecular complexity index is 563. The number of aromatic amines is 1. The predicted molar refractivity (Wildman–Crippen MR) is 61.3 cm³/mol. The highest BCUT2D eigenvalue weighted by atomic mass is 16.5. The van der Waals surface area contributed by atoms with Crippen LogP contribution in [0.3, 0.4) is 0 Å². The van der Waals surface area contributed by atoms with Crippen molar-refractivity contribution in [3.63, 3.8) is 0 Å². The lowest BCUT2D eigenvalue weighted by atomic mass is 10.1. The lowest BCUT2D eigenvalue weighted by Crippen LogP contribution is -2.13. The maximum absolute atomic E-state index is 11.1. The number of para-hydroxylation sites is 1. The van der Waals surface area contributed by atoms with Crippen LogP contribution in [0.2, 0.25) is 0 Å². The molecule has 16 heavy (non-hydrogen) atoms. The first-order chi connectivity index (χ1) is 7.72. The summed E-state index contributed by atoms with van der Waals surface area (Å²) >= 11 is 0. The van der Waals surface area contributed by atoms with Gasteiger partial charge in [0.25, 0.3) is 5.56 Å². The van der Waals surface area contributed by atoms with Crippen molar-refractivity contribution in [3.8, 4) is 17.0 Å². The fourth-order valence-corrected chi connectivity index (χ4v) is 1.41. The van der Waals surface area contributed by atoms with Crippen molar-refractivity contribution in [2.45, 2.75) is 0 Å². The van der Waals surface area contributed by atoms with Crippen molar-refractivity contribution < 1.29 is 4.74 Å². The van der Waals surface area contributed by atoms with Crippen molar-refractivity contribution in [1.29, 1.82) is 0 Å². The third-order valence-corrected chi connectivity index (χ3v) is 2.22. The fourth-order valence-electron chi connectivity index (χ4n) is 1.41. The number of aromatic nitrogens is 2. The van der Waals surface area contributed by atoms with E-state index in [1.165, 1.54) is 6.07 Å². The van der Waals surface area contributed by atoms with Gasteiger partial charge in [0.15, 0.2) is 0 Å². The number of nitrogens with zero attached hydrogens (tertiary/aromatic N) is 1. The van der Waals surface area contributed by atoms with Crippen LogP contribution in [0.1, 0.15) is 0 Å². The summed E-state index contributed by atoms with van der Waals surface area (Å²) in [7, 11) is 1.58. The molecule has 0 radical (unpaired) electrons. The van der Waals surface area contributed by atoms with Gasteiger partial charge < -0.3 is 10.5 Å². The van der Waals surface area contributed by atoms with Gasteiger partial charge in [0.2, 0.25) is 0 Å². The molecule has 0 aliphatic rings. The van der Waals surface area contributed by atoms with Crippen LogP contribution in [0.4, 0.5) is 5.69 Å². The van der Waals surface area contributed by atoms with Gasteiger partial charge in [-0.05, 0) is 18.2 Å². The van der Waals surface area contributed by atoms with Crippen LogP contribution in [0.5, 0.6) is 5.75 Å². The van der Waals surface area contributed by atoms with Crippen molar-refractivity contribution in [2.75, 3.05) is 12.8 Å². The molecule has 0 unspecified atom stereocenters. The Morgan fingerprint density at radius 1 is 1.38 bits per heavy atom. The average molecular weight is 217 g/mol. The number of hydrogen-bond acceptors (Lipinski definition) is 4. The summed E-state index contributed by atoms with van der Waals surface area (Å²) in [5, 5.41) is 6.25. The second-order valence-electron chi connectivity index (χ2n) is 3.24. The van der Waals surface area contributed by atoms with E-state index in [2.05, 4.69) is 10.2 Å². The molecule has 1 aromatic carbocycles. The highest BCUT2D eigenvalue weighted by molar-refractivity contribution is 5.68. The molecule has 2 rings (SSSR count). The van der Waals surface area contributed by atoms with Gasteiger partial charge in [-0.2, -0.15) is 5.10 Å². The average Bonchev–Trinajstić information content (AvgIpc) is 2.32. The lowest BCUT2D eigenvalue weighted by molar-refractivity contribution is 0.416. The SMILES string of the molecule is COc1ccccc1-c1cc(N)c(=O)[nH]n1. The molecular formula is C11H11N3O2. The van der Waals surface area contributed by atoms with Crippen LogP contribution in [0.15, 0.2) is 35.1 Å². The molecule has 82 valence electrons. The maximum Gasteiger partial charge on any atom is 0.287 e. The molecule has 2 aromatic rings. The number of anilines is 1. The summed E-state index contributed by atoms with van der Waals surface area (Å²) in [6.45, 7) is 0. The summed E-state index contributed by atoms with van der Waals surface area (Å²) in [6.07, 6.45) is 0. The smallest absolute Gasteiger partial charge is 0.287 e. The molecule has 5 nitrogen and oxygen atoms in total. The quantitative estimate of drug-likeness (QED) is 0.787.